The summed E-state index contributed by atoms with van der Waals surface area (Å²) in [6.45, 7) is 0. The van der Waals surface area contributed by atoms with E-state index in [1.54, 1.807) is 19.3 Å². The molecule has 1 saturated heterocycles. The van der Waals surface area contributed by atoms with E-state index in [9.17, 15) is 9.59 Å². The molecule has 1 N–H and O–H groups in total. The standard InChI is InChI=1S/C24H26N6O2/c1-28(2)24-26-18-14-17-9-10-19(21(18)22(27-24)25-16-7-5-4-6-8-16)30(17)23(32)15-11-12-29(3)20(31)13-15/h4-8,11-13,17,19H,9-10,14H2,1-3H3,(H,25,26,27)/t17-,19+/m0/s1. The number of fused-ring (bicyclic) bond motifs is 4. The van der Waals surface area contributed by atoms with E-state index >= 15 is 0 Å². The Hall–Kier alpha value is -3.68. The van der Waals surface area contributed by atoms with Gasteiger partial charge in [0.25, 0.3) is 11.5 Å². The molecule has 2 aliphatic heterocycles. The molecule has 1 amide bonds. The van der Waals surface area contributed by atoms with E-state index in [1.165, 1.54) is 10.6 Å². The molecular weight excluding hydrogens is 404 g/mol. The third kappa shape index (κ3) is 3.41. The molecule has 8 nitrogen and oxygen atoms in total. The monoisotopic (exact) mass is 430 g/mol. The zero-order valence-electron chi connectivity index (χ0n) is 18.4. The average Bonchev–Trinajstić information content (AvgIpc) is 3.09. The number of para-hydroxylation sites is 1. The van der Waals surface area contributed by atoms with Crippen LogP contribution in [0.1, 0.15) is 40.5 Å². The third-order valence-electron chi connectivity index (χ3n) is 6.30. The zero-order valence-corrected chi connectivity index (χ0v) is 18.4. The fourth-order valence-corrected chi connectivity index (χ4v) is 4.69. The van der Waals surface area contributed by atoms with Crippen molar-refractivity contribution in [2.45, 2.75) is 31.3 Å². The Morgan fingerprint density at radius 2 is 1.91 bits per heavy atom. The summed E-state index contributed by atoms with van der Waals surface area (Å²) in [7, 11) is 5.53. The maximum atomic E-state index is 13.5. The predicted molar refractivity (Wildman–Crippen MR) is 123 cm³/mol. The Bertz CT molecular complexity index is 1240. The van der Waals surface area contributed by atoms with Crippen LogP contribution in [0.5, 0.6) is 0 Å². The molecule has 2 atom stereocenters. The minimum absolute atomic E-state index is 0.0681. The number of nitrogens with zero attached hydrogens (tertiary/aromatic N) is 5. The van der Waals surface area contributed by atoms with E-state index in [2.05, 4.69) is 5.32 Å². The molecule has 0 radical (unpaired) electrons. The van der Waals surface area contributed by atoms with E-state index in [-0.39, 0.29) is 23.6 Å². The molecule has 5 rings (SSSR count). The fraction of sp³-hybridized carbons (Fsp3) is 0.333. The molecule has 32 heavy (non-hydrogen) atoms. The first-order valence-electron chi connectivity index (χ1n) is 10.8. The van der Waals surface area contributed by atoms with Gasteiger partial charge in [0.15, 0.2) is 0 Å². The number of pyridine rings is 1. The number of amides is 1. The number of aromatic nitrogens is 3. The van der Waals surface area contributed by atoms with Crippen molar-refractivity contribution < 1.29 is 4.79 Å². The van der Waals surface area contributed by atoms with Crippen LogP contribution in [0.3, 0.4) is 0 Å². The maximum absolute atomic E-state index is 13.5. The molecule has 0 aliphatic carbocycles. The van der Waals surface area contributed by atoms with Crippen molar-refractivity contribution in [1.82, 2.24) is 19.4 Å². The van der Waals surface area contributed by atoms with Crippen molar-refractivity contribution in [3.63, 3.8) is 0 Å². The smallest absolute Gasteiger partial charge is 0.254 e. The molecule has 2 bridgehead atoms. The summed E-state index contributed by atoms with van der Waals surface area (Å²) in [5.41, 5.74) is 3.14. The first-order chi connectivity index (χ1) is 15.4. The second-order valence-corrected chi connectivity index (χ2v) is 8.65. The van der Waals surface area contributed by atoms with Gasteiger partial charge in [-0.05, 0) is 31.0 Å². The van der Waals surface area contributed by atoms with Crippen LogP contribution in [0.2, 0.25) is 0 Å². The van der Waals surface area contributed by atoms with Crippen LogP contribution in [-0.2, 0) is 13.5 Å². The highest BCUT2D eigenvalue weighted by molar-refractivity contribution is 5.95. The van der Waals surface area contributed by atoms with E-state index in [0.29, 0.717) is 17.9 Å². The van der Waals surface area contributed by atoms with Gasteiger partial charge in [-0.1, -0.05) is 18.2 Å². The molecule has 2 aromatic heterocycles. The van der Waals surface area contributed by atoms with Gasteiger partial charge in [0.2, 0.25) is 5.95 Å². The highest BCUT2D eigenvalue weighted by Crippen LogP contribution is 2.47. The minimum atomic E-state index is -0.189. The summed E-state index contributed by atoms with van der Waals surface area (Å²) in [6.07, 6.45) is 4.07. The number of carbonyl (C=O) groups excluding carboxylic acids is 1. The number of benzene rings is 1. The first kappa shape index (κ1) is 20.2. The van der Waals surface area contributed by atoms with Crippen LogP contribution in [0.4, 0.5) is 17.5 Å². The number of aryl methyl sites for hydroxylation is 1. The molecule has 3 aromatic rings. The zero-order chi connectivity index (χ0) is 22.4. The van der Waals surface area contributed by atoms with Gasteiger partial charge >= 0.3 is 0 Å². The van der Waals surface area contributed by atoms with Crippen molar-refractivity contribution >= 4 is 23.4 Å². The molecule has 1 aromatic carbocycles. The third-order valence-corrected chi connectivity index (χ3v) is 6.30. The Morgan fingerprint density at radius 3 is 2.62 bits per heavy atom. The summed E-state index contributed by atoms with van der Waals surface area (Å²) in [5.74, 6) is 1.27. The van der Waals surface area contributed by atoms with Gasteiger partial charge < -0.3 is 19.7 Å². The SMILES string of the molecule is CN(C)c1nc2c(c(Nc3ccccc3)n1)[C@H]1CC[C@@H](C2)N1C(=O)c1ccn(C)c(=O)c1. The summed E-state index contributed by atoms with van der Waals surface area (Å²) in [4.78, 5) is 39.1. The average molecular weight is 431 g/mol. The Kier molecular flexibility index (Phi) is 4.92. The fourth-order valence-electron chi connectivity index (χ4n) is 4.69. The molecule has 0 spiro atoms. The number of carbonyl (C=O) groups is 1. The van der Waals surface area contributed by atoms with Gasteiger partial charge in [-0.3, -0.25) is 9.59 Å². The van der Waals surface area contributed by atoms with Crippen LogP contribution in [0.25, 0.3) is 0 Å². The van der Waals surface area contributed by atoms with Crippen molar-refractivity contribution in [3.05, 3.63) is 75.8 Å². The topological polar surface area (TPSA) is 83.4 Å². The number of hydrogen-bond acceptors (Lipinski definition) is 6. The summed E-state index contributed by atoms with van der Waals surface area (Å²) >= 11 is 0. The van der Waals surface area contributed by atoms with Crippen molar-refractivity contribution in [3.8, 4) is 0 Å². The second kappa shape index (κ2) is 7.78. The van der Waals surface area contributed by atoms with Crippen LogP contribution in [0, 0.1) is 0 Å². The van der Waals surface area contributed by atoms with Gasteiger partial charge in [-0.25, -0.2) is 4.98 Å². The number of anilines is 3. The van der Waals surface area contributed by atoms with E-state index < -0.39 is 0 Å². The lowest BCUT2D eigenvalue weighted by Crippen LogP contribution is -2.43. The van der Waals surface area contributed by atoms with Crippen LogP contribution < -0.4 is 15.8 Å². The van der Waals surface area contributed by atoms with Crippen LogP contribution in [0.15, 0.2) is 53.5 Å². The lowest BCUT2D eigenvalue weighted by atomic mass is 9.97. The Morgan fingerprint density at radius 1 is 1.12 bits per heavy atom. The van der Waals surface area contributed by atoms with Gasteiger partial charge in [0.05, 0.1) is 11.7 Å². The molecule has 0 saturated carbocycles. The largest absolute Gasteiger partial charge is 0.347 e. The Balaban J connectivity index is 1.58. The highest BCUT2D eigenvalue weighted by Gasteiger charge is 2.45. The van der Waals surface area contributed by atoms with Crippen LogP contribution in [-0.4, -0.2) is 45.5 Å². The van der Waals surface area contributed by atoms with E-state index in [4.69, 9.17) is 9.97 Å². The Labute approximate surface area is 186 Å². The molecule has 4 heterocycles. The van der Waals surface area contributed by atoms with E-state index in [1.807, 2.05) is 54.2 Å². The number of rotatable bonds is 4. The molecule has 164 valence electrons. The predicted octanol–water partition coefficient (Wildman–Crippen LogP) is 2.89. The van der Waals surface area contributed by atoms with Crippen molar-refractivity contribution in [1.29, 1.82) is 0 Å². The first-order valence-corrected chi connectivity index (χ1v) is 10.8. The van der Waals surface area contributed by atoms with Gasteiger partial charge in [-0.15, -0.1) is 0 Å². The van der Waals surface area contributed by atoms with Crippen molar-refractivity contribution in [2.75, 3.05) is 24.3 Å². The number of nitrogens with one attached hydrogen (secondary N) is 1. The van der Waals surface area contributed by atoms with Crippen LogP contribution >= 0.6 is 0 Å². The summed E-state index contributed by atoms with van der Waals surface area (Å²) in [5, 5.41) is 3.46. The van der Waals surface area contributed by atoms with Gasteiger partial charge in [0.1, 0.15) is 5.82 Å². The summed E-state index contributed by atoms with van der Waals surface area (Å²) in [6, 6.07) is 13.0. The number of hydrogen-bond donors (Lipinski definition) is 1. The molecule has 0 unspecified atom stereocenters. The lowest BCUT2D eigenvalue weighted by molar-refractivity contribution is 0.0644. The maximum Gasteiger partial charge on any atom is 0.254 e. The minimum Gasteiger partial charge on any atom is -0.347 e. The van der Waals surface area contributed by atoms with E-state index in [0.717, 1.165) is 35.6 Å². The highest BCUT2D eigenvalue weighted by atomic mass is 16.2. The molecular formula is C24H26N6O2. The van der Waals surface area contributed by atoms with Crippen molar-refractivity contribution in [2.24, 2.45) is 7.05 Å². The van der Waals surface area contributed by atoms with Gasteiger partial charge in [0, 0.05) is 62.7 Å². The second-order valence-electron chi connectivity index (χ2n) is 8.65. The lowest BCUT2D eigenvalue weighted by Gasteiger charge is -2.37. The molecule has 8 heteroatoms. The molecule has 2 aliphatic rings. The normalized spacial score (nSPS) is 18.9. The van der Waals surface area contributed by atoms with Gasteiger partial charge in [-0.2, -0.15) is 4.98 Å². The summed E-state index contributed by atoms with van der Waals surface area (Å²) < 4.78 is 1.47. The quantitative estimate of drug-likeness (QED) is 0.685. The molecule has 1 fully saturated rings.